The molecule has 0 aliphatic heterocycles. The van der Waals surface area contributed by atoms with Crippen LogP contribution in [0.5, 0.6) is 0 Å². The van der Waals surface area contributed by atoms with Gasteiger partial charge in [-0.2, -0.15) is 18.2 Å². The number of anilines is 3. The Balaban J connectivity index is 1.80. The molecule has 1 unspecified atom stereocenters. The summed E-state index contributed by atoms with van der Waals surface area (Å²) in [7, 11) is 0. The molecule has 0 spiro atoms. The number of hydrogen-bond acceptors (Lipinski definition) is 4. The molecule has 4 nitrogen and oxygen atoms in total. The highest BCUT2D eigenvalue weighted by Gasteiger charge is 2.30. The van der Waals surface area contributed by atoms with Crippen molar-refractivity contribution in [3.05, 3.63) is 77.5 Å². The van der Waals surface area contributed by atoms with Gasteiger partial charge in [0.05, 0.1) is 11.6 Å². The van der Waals surface area contributed by atoms with E-state index in [1.54, 1.807) is 19.1 Å². The van der Waals surface area contributed by atoms with Gasteiger partial charge in [-0.1, -0.05) is 36.4 Å². The van der Waals surface area contributed by atoms with Gasteiger partial charge in [-0.3, -0.25) is 0 Å². The van der Waals surface area contributed by atoms with E-state index in [2.05, 4.69) is 20.6 Å². The first-order chi connectivity index (χ1) is 12.8. The Morgan fingerprint density at radius 3 is 2.37 bits per heavy atom. The third-order valence-corrected chi connectivity index (χ3v) is 3.96. The summed E-state index contributed by atoms with van der Waals surface area (Å²) in [6.45, 7) is 3.79. The molecule has 0 radical (unpaired) electrons. The molecule has 2 N–H and O–H groups in total. The standard InChI is InChI=1S/C20H19F3N4/c1-13-11-18(26-17-10-6-9-16(12-17)20(21,22)23)27-19(24-13)25-14(2)15-7-4-3-5-8-15/h3-12,14H,1-2H3,(H2,24,25,26,27). The SMILES string of the molecule is Cc1cc(Nc2cccc(C(F)(F)F)c2)nc(NC(C)c2ccccc2)n1. The molecule has 1 atom stereocenters. The maximum atomic E-state index is 12.9. The first-order valence-electron chi connectivity index (χ1n) is 8.43. The lowest BCUT2D eigenvalue weighted by atomic mass is 10.1. The highest BCUT2D eigenvalue weighted by molar-refractivity contribution is 5.58. The number of nitrogens with one attached hydrogen (secondary N) is 2. The third-order valence-electron chi connectivity index (χ3n) is 3.96. The molecule has 0 saturated carbocycles. The van der Waals surface area contributed by atoms with Gasteiger partial charge in [0.15, 0.2) is 0 Å². The number of nitrogens with zero attached hydrogens (tertiary/aromatic N) is 2. The highest BCUT2D eigenvalue weighted by Crippen LogP contribution is 2.31. The van der Waals surface area contributed by atoms with Crippen molar-refractivity contribution in [2.24, 2.45) is 0 Å². The topological polar surface area (TPSA) is 49.8 Å². The monoisotopic (exact) mass is 372 g/mol. The predicted octanol–water partition coefficient (Wildman–Crippen LogP) is 5.72. The van der Waals surface area contributed by atoms with E-state index in [0.29, 0.717) is 23.1 Å². The van der Waals surface area contributed by atoms with Crippen molar-refractivity contribution in [3.8, 4) is 0 Å². The lowest BCUT2D eigenvalue weighted by Crippen LogP contribution is -2.11. The highest BCUT2D eigenvalue weighted by atomic mass is 19.4. The third kappa shape index (κ3) is 4.97. The average molecular weight is 372 g/mol. The van der Waals surface area contributed by atoms with Crippen LogP contribution in [0.1, 0.15) is 29.8 Å². The minimum absolute atomic E-state index is 0.0191. The van der Waals surface area contributed by atoms with Crippen molar-refractivity contribution in [2.75, 3.05) is 10.6 Å². The summed E-state index contributed by atoms with van der Waals surface area (Å²) in [6.07, 6.45) is -4.39. The Labute approximate surface area is 155 Å². The van der Waals surface area contributed by atoms with Crippen LogP contribution in [-0.4, -0.2) is 9.97 Å². The lowest BCUT2D eigenvalue weighted by Gasteiger charge is -2.16. The fourth-order valence-corrected chi connectivity index (χ4v) is 2.64. The summed E-state index contributed by atoms with van der Waals surface area (Å²) >= 11 is 0. The molecule has 27 heavy (non-hydrogen) atoms. The minimum Gasteiger partial charge on any atom is -0.348 e. The van der Waals surface area contributed by atoms with Crippen LogP contribution in [0.3, 0.4) is 0 Å². The molecule has 0 aliphatic rings. The second kappa shape index (κ2) is 7.65. The van der Waals surface area contributed by atoms with Crippen molar-refractivity contribution < 1.29 is 13.2 Å². The number of halogens is 3. The summed E-state index contributed by atoms with van der Waals surface area (Å²) in [4.78, 5) is 8.73. The van der Waals surface area contributed by atoms with E-state index < -0.39 is 11.7 Å². The molecule has 0 fully saturated rings. The van der Waals surface area contributed by atoms with Gasteiger partial charge in [0, 0.05) is 17.4 Å². The number of rotatable bonds is 5. The van der Waals surface area contributed by atoms with E-state index in [9.17, 15) is 13.2 Å². The molecular formula is C20H19F3N4. The van der Waals surface area contributed by atoms with Crippen molar-refractivity contribution in [2.45, 2.75) is 26.1 Å². The normalized spacial score (nSPS) is 12.5. The quantitative estimate of drug-likeness (QED) is 0.601. The zero-order chi connectivity index (χ0) is 19.4. The molecule has 0 amide bonds. The van der Waals surface area contributed by atoms with Crippen LogP contribution < -0.4 is 10.6 Å². The Kier molecular flexibility index (Phi) is 5.30. The molecule has 1 heterocycles. The molecular weight excluding hydrogens is 353 g/mol. The summed E-state index contributed by atoms with van der Waals surface area (Å²) < 4.78 is 38.6. The zero-order valence-electron chi connectivity index (χ0n) is 14.9. The average Bonchev–Trinajstić information content (AvgIpc) is 2.61. The van der Waals surface area contributed by atoms with Gasteiger partial charge in [0.2, 0.25) is 5.95 Å². The Morgan fingerprint density at radius 1 is 0.926 bits per heavy atom. The van der Waals surface area contributed by atoms with Gasteiger partial charge in [-0.15, -0.1) is 0 Å². The van der Waals surface area contributed by atoms with E-state index in [1.807, 2.05) is 37.3 Å². The van der Waals surface area contributed by atoms with Crippen molar-refractivity contribution >= 4 is 17.5 Å². The second-order valence-electron chi connectivity index (χ2n) is 6.20. The Morgan fingerprint density at radius 2 is 1.67 bits per heavy atom. The number of hydrogen-bond donors (Lipinski definition) is 2. The molecule has 3 aromatic rings. The molecule has 140 valence electrons. The summed E-state index contributed by atoms with van der Waals surface area (Å²) in [5.74, 6) is 0.824. The van der Waals surface area contributed by atoms with Gasteiger partial charge in [-0.25, -0.2) is 4.98 Å². The molecule has 3 rings (SSSR count). The van der Waals surface area contributed by atoms with Gasteiger partial charge < -0.3 is 10.6 Å². The predicted molar refractivity (Wildman–Crippen MR) is 100.0 cm³/mol. The summed E-state index contributed by atoms with van der Waals surface area (Å²) in [5, 5.41) is 6.14. The van der Waals surface area contributed by atoms with Crippen molar-refractivity contribution in [3.63, 3.8) is 0 Å². The maximum Gasteiger partial charge on any atom is 0.416 e. The number of aromatic nitrogens is 2. The largest absolute Gasteiger partial charge is 0.416 e. The van der Waals surface area contributed by atoms with Crippen LogP contribution in [0.25, 0.3) is 0 Å². The maximum absolute atomic E-state index is 12.9. The smallest absolute Gasteiger partial charge is 0.348 e. The fraction of sp³-hybridized carbons (Fsp3) is 0.200. The fourth-order valence-electron chi connectivity index (χ4n) is 2.64. The number of aryl methyl sites for hydroxylation is 1. The van der Waals surface area contributed by atoms with Crippen LogP contribution >= 0.6 is 0 Å². The van der Waals surface area contributed by atoms with Crippen LogP contribution in [0.4, 0.5) is 30.6 Å². The minimum atomic E-state index is -4.39. The molecule has 7 heteroatoms. The van der Waals surface area contributed by atoms with Crippen LogP contribution in [0.2, 0.25) is 0 Å². The van der Waals surface area contributed by atoms with Crippen molar-refractivity contribution in [1.82, 2.24) is 9.97 Å². The second-order valence-corrected chi connectivity index (χ2v) is 6.20. The number of alkyl halides is 3. The van der Waals surface area contributed by atoms with Gasteiger partial charge in [0.1, 0.15) is 5.82 Å². The van der Waals surface area contributed by atoms with Gasteiger partial charge in [0.25, 0.3) is 0 Å². The summed E-state index contributed by atoms with van der Waals surface area (Å²) in [5.41, 5.74) is 1.37. The Hall–Kier alpha value is -3.09. The lowest BCUT2D eigenvalue weighted by molar-refractivity contribution is -0.137. The molecule has 0 aliphatic carbocycles. The molecule has 1 aromatic heterocycles. The Bertz CT molecular complexity index is 911. The molecule has 0 bridgehead atoms. The van der Waals surface area contributed by atoms with Gasteiger partial charge in [-0.05, 0) is 37.6 Å². The van der Waals surface area contributed by atoms with Crippen LogP contribution in [0, 0.1) is 6.92 Å². The first kappa shape index (κ1) is 18.7. The molecule has 0 saturated heterocycles. The van der Waals surface area contributed by atoms with E-state index in [0.717, 1.165) is 17.7 Å². The van der Waals surface area contributed by atoms with Crippen LogP contribution in [-0.2, 0) is 6.18 Å². The molecule has 2 aromatic carbocycles. The van der Waals surface area contributed by atoms with Gasteiger partial charge >= 0.3 is 6.18 Å². The zero-order valence-corrected chi connectivity index (χ0v) is 14.9. The summed E-state index contributed by atoms with van der Waals surface area (Å²) in [6, 6.07) is 16.5. The van der Waals surface area contributed by atoms with E-state index >= 15 is 0 Å². The first-order valence-corrected chi connectivity index (χ1v) is 8.43. The van der Waals surface area contributed by atoms with Crippen molar-refractivity contribution in [1.29, 1.82) is 0 Å². The van der Waals surface area contributed by atoms with E-state index in [-0.39, 0.29) is 6.04 Å². The van der Waals surface area contributed by atoms with Crippen LogP contribution in [0.15, 0.2) is 60.7 Å². The van der Waals surface area contributed by atoms with E-state index in [4.69, 9.17) is 0 Å². The van der Waals surface area contributed by atoms with E-state index in [1.165, 1.54) is 6.07 Å². The number of benzene rings is 2.